The van der Waals surface area contributed by atoms with Crippen LogP contribution in [-0.2, 0) is 4.74 Å². The first kappa shape index (κ1) is 14.4. The molecule has 1 aliphatic carbocycles. The monoisotopic (exact) mass is 295 g/mol. The molecule has 1 aliphatic heterocycles. The third-order valence-corrected chi connectivity index (χ3v) is 5.98. The molecule has 0 bridgehead atoms. The number of hydrogen-bond donors (Lipinski definition) is 1. The summed E-state index contributed by atoms with van der Waals surface area (Å²) in [6, 6.07) is 2.23. The molecule has 2 fully saturated rings. The smallest absolute Gasteiger partial charge is 0.129 e. The highest BCUT2D eigenvalue weighted by atomic mass is 32.1. The molecule has 4 heteroatoms. The van der Waals surface area contributed by atoms with Gasteiger partial charge >= 0.3 is 0 Å². The van der Waals surface area contributed by atoms with E-state index in [0.29, 0.717) is 5.92 Å². The second-order valence-electron chi connectivity index (χ2n) is 6.26. The molecule has 3 nitrogen and oxygen atoms in total. The van der Waals surface area contributed by atoms with Gasteiger partial charge in [0.05, 0.1) is 12.7 Å². The van der Waals surface area contributed by atoms with E-state index in [9.17, 15) is 0 Å². The number of ether oxygens (including phenoxy) is 2. The Hall–Kier alpha value is -0.580. The molecule has 2 unspecified atom stereocenters. The lowest BCUT2D eigenvalue weighted by molar-refractivity contribution is -0.120. The molecule has 2 aliphatic rings. The molecule has 1 saturated carbocycles. The second-order valence-corrected chi connectivity index (χ2v) is 7.20. The highest BCUT2D eigenvalue weighted by Crippen LogP contribution is 2.44. The van der Waals surface area contributed by atoms with Gasteiger partial charge in [0.15, 0.2) is 0 Å². The minimum absolute atomic E-state index is 0.131. The van der Waals surface area contributed by atoms with Crippen LogP contribution in [0.2, 0.25) is 0 Å². The fourth-order valence-corrected chi connectivity index (χ4v) is 4.72. The van der Waals surface area contributed by atoms with E-state index in [-0.39, 0.29) is 11.6 Å². The summed E-state index contributed by atoms with van der Waals surface area (Å²) in [6.07, 6.45) is 8.67. The quantitative estimate of drug-likeness (QED) is 0.920. The van der Waals surface area contributed by atoms with Crippen LogP contribution < -0.4 is 10.5 Å². The molecule has 2 heterocycles. The largest absolute Gasteiger partial charge is 0.496 e. The van der Waals surface area contributed by atoms with Crippen LogP contribution in [-0.4, -0.2) is 19.3 Å². The normalized spacial score (nSPS) is 27.4. The van der Waals surface area contributed by atoms with Gasteiger partial charge in [0.25, 0.3) is 0 Å². The van der Waals surface area contributed by atoms with E-state index in [4.69, 9.17) is 15.2 Å². The van der Waals surface area contributed by atoms with Gasteiger partial charge in [-0.1, -0.05) is 19.3 Å². The van der Waals surface area contributed by atoms with E-state index in [1.807, 2.05) is 5.38 Å². The van der Waals surface area contributed by atoms with Crippen molar-refractivity contribution in [3.8, 4) is 5.75 Å². The summed E-state index contributed by atoms with van der Waals surface area (Å²) in [5.74, 6) is 1.48. The van der Waals surface area contributed by atoms with Gasteiger partial charge in [-0.05, 0) is 37.7 Å². The fraction of sp³-hybridized carbons (Fsp3) is 0.750. The Morgan fingerprint density at radius 2 is 2.20 bits per heavy atom. The molecule has 3 rings (SSSR count). The molecule has 112 valence electrons. The Kier molecular flexibility index (Phi) is 4.34. The van der Waals surface area contributed by atoms with Crippen LogP contribution in [0.1, 0.15) is 55.9 Å². The standard InChI is InChI=1S/C16H25NO2S/c1-18-13-9-14(20-11-13)15(17)12-5-8-19-16(10-12)6-3-2-4-7-16/h9,11-12,15H,2-8,10,17H2,1H3. The van der Waals surface area contributed by atoms with E-state index in [1.54, 1.807) is 18.4 Å². The molecule has 2 N–H and O–H groups in total. The predicted octanol–water partition coefficient (Wildman–Crippen LogP) is 3.89. The summed E-state index contributed by atoms with van der Waals surface area (Å²) in [5.41, 5.74) is 6.67. The molecule has 1 saturated heterocycles. The van der Waals surface area contributed by atoms with Crippen molar-refractivity contribution in [1.82, 2.24) is 0 Å². The van der Waals surface area contributed by atoms with Gasteiger partial charge in [0.1, 0.15) is 5.75 Å². The SMILES string of the molecule is COc1csc(C(N)C2CCOC3(CCCCC3)C2)c1. The molecule has 2 atom stereocenters. The predicted molar refractivity (Wildman–Crippen MR) is 82.3 cm³/mol. The van der Waals surface area contributed by atoms with E-state index in [2.05, 4.69) is 6.07 Å². The van der Waals surface area contributed by atoms with Crippen molar-refractivity contribution < 1.29 is 9.47 Å². The third-order valence-electron chi connectivity index (χ3n) is 4.96. The minimum Gasteiger partial charge on any atom is -0.496 e. The zero-order valence-corrected chi connectivity index (χ0v) is 13.1. The fourth-order valence-electron chi connectivity index (χ4n) is 3.77. The Balaban J connectivity index is 1.69. The highest BCUT2D eigenvalue weighted by molar-refractivity contribution is 7.10. The van der Waals surface area contributed by atoms with Gasteiger partial charge in [-0.2, -0.15) is 0 Å². The lowest BCUT2D eigenvalue weighted by atomic mass is 9.74. The molecule has 1 aromatic rings. The van der Waals surface area contributed by atoms with Crippen molar-refractivity contribution in [2.75, 3.05) is 13.7 Å². The molecule has 0 amide bonds. The lowest BCUT2D eigenvalue weighted by Gasteiger charge is -2.44. The summed E-state index contributed by atoms with van der Waals surface area (Å²) >= 11 is 1.72. The molecular formula is C16H25NO2S. The van der Waals surface area contributed by atoms with Gasteiger partial charge < -0.3 is 15.2 Å². The topological polar surface area (TPSA) is 44.5 Å². The Labute approximate surface area is 125 Å². The van der Waals surface area contributed by atoms with Crippen LogP contribution in [0, 0.1) is 5.92 Å². The van der Waals surface area contributed by atoms with Crippen molar-refractivity contribution in [1.29, 1.82) is 0 Å². The van der Waals surface area contributed by atoms with Gasteiger partial charge in [-0.25, -0.2) is 0 Å². The van der Waals surface area contributed by atoms with Gasteiger partial charge in [0, 0.05) is 22.9 Å². The summed E-state index contributed by atoms with van der Waals surface area (Å²) < 4.78 is 11.4. The van der Waals surface area contributed by atoms with E-state index in [1.165, 1.54) is 37.0 Å². The zero-order chi connectivity index (χ0) is 14.0. The first-order chi connectivity index (χ1) is 9.72. The van der Waals surface area contributed by atoms with Crippen LogP contribution >= 0.6 is 11.3 Å². The zero-order valence-electron chi connectivity index (χ0n) is 12.3. The summed E-state index contributed by atoms with van der Waals surface area (Å²) in [6.45, 7) is 0.876. The van der Waals surface area contributed by atoms with Crippen LogP contribution in [0.25, 0.3) is 0 Å². The number of nitrogens with two attached hydrogens (primary N) is 1. The van der Waals surface area contributed by atoms with E-state index < -0.39 is 0 Å². The van der Waals surface area contributed by atoms with Crippen molar-refractivity contribution in [2.24, 2.45) is 11.7 Å². The number of hydrogen-bond acceptors (Lipinski definition) is 4. The Morgan fingerprint density at radius 3 is 2.90 bits per heavy atom. The highest BCUT2D eigenvalue weighted by Gasteiger charge is 2.40. The first-order valence-electron chi connectivity index (χ1n) is 7.74. The van der Waals surface area contributed by atoms with Crippen LogP contribution in [0.4, 0.5) is 0 Å². The van der Waals surface area contributed by atoms with Crippen LogP contribution in [0.15, 0.2) is 11.4 Å². The van der Waals surface area contributed by atoms with Crippen molar-refractivity contribution in [2.45, 2.75) is 56.6 Å². The summed E-state index contributed by atoms with van der Waals surface area (Å²) in [7, 11) is 1.71. The molecule has 1 aromatic heterocycles. The average molecular weight is 295 g/mol. The lowest BCUT2D eigenvalue weighted by Crippen LogP contribution is -2.43. The molecule has 1 spiro atoms. The summed E-state index contributed by atoms with van der Waals surface area (Å²) in [4.78, 5) is 1.25. The van der Waals surface area contributed by atoms with Crippen LogP contribution in [0.5, 0.6) is 5.75 Å². The molecule has 20 heavy (non-hydrogen) atoms. The Bertz CT molecular complexity index is 434. The Morgan fingerprint density at radius 1 is 1.40 bits per heavy atom. The minimum atomic E-state index is 0.131. The molecule has 0 aromatic carbocycles. The van der Waals surface area contributed by atoms with Crippen molar-refractivity contribution in [3.05, 3.63) is 16.3 Å². The number of rotatable bonds is 3. The second kappa shape index (κ2) is 6.04. The maximum Gasteiger partial charge on any atom is 0.129 e. The maximum absolute atomic E-state index is 6.53. The first-order valence-corrected chi connectivity index (χ1v) is 8.62. The average Bonchev–Trinajstić information content (AvgIpc) is 2.96. The van der Waals surface area contributed by atoms with Gasteiger partial charge in [-0.3, -0.25) is 0 Å². The van der Waals surface area contributed by atoms with Gasteiger partial charge in [-0.15, -0.1) is 11.3 Å². The maximum atomic E-state index is 6.53. The number of thiophene rings is 1. The van der Waals surface area contributed by atoms with E-state index >= 15 is 0 Å². The summed E-state index contributed by atoms with van der Waals surface area (Å²) in [5, 5.41) is 2.05. The van der Waals surface area contributed by atoms with Crippen molar-refractivity contribution in [3.63, 3.8) is 0 Å². The van der Waals surface area contributed by atoms with E-state index in [0.717, 1.165) is 25.2 Å². The van der Waals surface area contributed by atoms with Crippen LogP contribution in [0.3, 0.4) is 0 Å². The molecular weight excluding hydrogens is 270 g/mol. The number of methoxy groups -OCH3 is 1. The molecule has 0 radical (unpaired) electrons. The van der Waals surface area contributed by atoms with Gasteiger partial charge in [0.2, 0.25) is 0 Å². The van der Waals surface area contributed by atoms with Crippen molar-refractivity contribution >= 4 is 11.3 Å². The third kappa shape index (κ3) is 2.87.